The van der Waals surface area contributed by atoms with E-state index in [0.717, 1.165) is 61.3 Å². The number of carbonyl (C=O) groups excluding carboxylic acids is 1. The van der Waals surface area contributed by atoms with E-state index in [1.165, 1.54) is 0 Å². The number of anilines is 1. The molecule has 142 valence electrons. The number of amides is 1. The summed E-state index contributed by atoms with van der Waals surface area (Å²) < 4.78 is 0. The van der Waals surface area contributed by atoms with E-state index in [4.69, 9.17) is 21.6 Å². The van der Waals surface area contributed by atoms with Gasteiger partial charge in [0.2, 0.25) is 5.91 Å². The van der Waals surface area contributed by atoms with Crippen LogP contribution >= 0.6 is 11.6 Å². The molecule has 2 heterocycles. The lowest BCUT2D eigenvalue weighted by Crippen LogP contribution is -2.49. The summed E-state index contributed by atoms with van der Waals surface area (Å²) in [6.45, 7) is 3.05. The molecule has 1 aromatic heterocycles. The first-order valence-electron chi connectivity index (χ1n) is 9.76. The van der Waals surface area contributed by atoms with Gasteiger partial charge in [0.25, 0.3) is 0 Å². The largest absolute Gasteiger partial charge is 0.352 e. The Labute approximate surface area is 169 Å². The summed E-state index contributed by atoms with van der Waals surface area (Å²) in [4.78, 5) is 26.3. The highest BCUT2D eigenvalue weighted by Gasteiger charge is 2.35. The van der Waals surface area contributed by atoms with Gasteiger partial charge in [-0.3, -0.25) is 4.79 Å². The van der Waals surface area contributed by atoms with Crippen molar-refractivity contribution in [2.24, 2.45) is 5.92 Å². The van der Waals surface area contributed by atoms with Crippen LogP contribution in [-0.2, 0) is 4.79 Å². The zero-order chi connectivity index (χ0) is 19.1. The number of benzene rings is 2. The second-order valence-electron chi connectivity index (χ2n) is 7.45. The van der Waals surface area contributed by atoms with Crippen molar-refractivity contribution in [1.29, 1.82) is 0 Å². The number of piperazine rings is 1. The smallest absolute Gasteiger partial charge is 0.225 e. The summed E-state index contributed by atoms with van der Waals surface area (Å²) in [6, 6.07) is 15.7. The standard InChI is InChI=1S/C22H21ClN4O/c23-18-7-3-1-5-16(18)20-24-19-8-4-2-6-17(19)21(25-20)26-11-13-27(14-12-26)22(28)15-9-10-15/h1-8,15H,9-14H2. The van der Waals surface area contributed by atoms with Crippen LogP contribution in [0.4, 0.5) is 5.82 Å². The SMILES string of the molecule is O=C(C1CC1)N1CCN(c2nc(-c3ccccc3Cl)nc3ccccc23)CC1. The zero-order valence-electron chi connectivity index (χ0n) is 15.5. The van der Waals surface area contributed by atoms with Crippen LogP contribution in [0.3, 0.4) is 0 Å². The third-order valence-electron chi connectivity index (χ3n) is 5.52. The average molecular weight is 393 g/mol. The normalized spacial score (nSPS) is 17.2. The summed E-state index contributed by atoms with van der Waals surface area (Å²) >= 11 is 6.40. The molecule has 0 radical (unpaired) electrons. The Morgan fingerprint density at radius 1 is 0.929 bits per heavy atom. The van der Waals surface area contributed by atoms with Crippen LogP contribution in [0.5, 0.6) is 0 Å². The van der Waals surface area contributed by atoms with Gasteiger partial charge in [-0.25, -0.2) is 9.97 Å². The number of hydrogen-bond acceptors (Lipinski definition) is 4. The van der Waals surface area contributed by atoms with Gasteiger partial charge < -0.3 is 9.80 Å². The van der Waals surface area contributed by atoms with Gasteiger partial charge in [0.05, 0.1) is 10.5 Å². The first kappa shape index (κ1) is 17.4. The number of halogens is 1. The van der Waals surface area contributed by atoms with E-state index in [2.05, 4.69) is 11.0 Å². The number of rotatable bonds is 3. The van der Waals surface area contributed by atoms with Gasteiger partial charge >= 0.3 is 0 Å². The van der Waals surface area contributed by atoms with Crippen molar-refractivity contribution >= 4 is 34.2 Å². The molecule has 1 saturated carbocycles. The van der Waals surface area contributed by atoms with Crippen LogP contribution in [0.2, 0.25) is 5.02 Å². The van der Waals surface area contributed by atoms with Crippen molar-refractivity contribution in [3.8, 4) is 11.4 Å². The summed E-state index contributed by atoms with van der Waals surface area (Å²) in [5, 5.41) is 1.67. The van der Waals surface area contributed by atoms with Crippen molar-refractivity contribution in [2.75, 3.05) is 31.1 Å². The third kappa shape index (κ3) is 3.20. The van der Waals surface area contributed by atoms with Gasteiger partial charge in [0.1, 0.15) is 5.82 Å². The molecule has 28 heavy (non-hydrogen) atoms. The van der Waals surface area contributed by atoms with Crippen molar-refractivity contribution in [2.45, 2.75) is 12.8 Å². The fraction of sp³-hybridized carbons (Fsp3) is 0.318. The van der Waals surface area contributed by atoms with Crippen molar-refractivity contribution in [3.05, 3.63) is 53.6 Å². The molecule has 2 fully saturated rings. The molecule has 0 unspecified atom stereocenters. The second kappa shape index (κ2) is 7.06. The molecule has 1 saturated heterocycles. The van der Waals surface area contributed by atoms with Gasteiger partial charge in [-0.2, -0.15) is 0 Å². The van der Waals surface area contributed by atoms with E-state index >= 15 is 0 Å². The van der Waals surface area contributed by atoms with Gasteiger partial charge in [-0.05, 0) is 37.1 Å². The zero-order valence-corrected chi connectivity index (χ0v) is 16.3. The van der Waals surface area contributed by atoms with Crippen molar-refractivity contribution < 1.29 is 4.79 Å². The Hall–Kier alpha value is -2.66. The van der Waals surface area contributed by atoms with E-state index in [-0.39, 0.29) is 5.92 Å². The van der Waals surface area contributed by atoms with Crippen LogP contribution in [0, 0.1) is 5.92 Å². The number of para-hydroxylation sites is 1. The molecule has 0 spiro atoms. The lowest BCUT2D eigenvalue weighted by molar-refractivity contribution is -0.132. The molecule has 5 rings (SSSR count). The Morgan fingerprint density at radius 3 is 2.39 bits per heavy atom. The van der Waals surface area contributed by atoms with Gasteiger partial charge in [0, 0.05) is 43.0 Å². The van der Waals surface area contributed by atoms with Crippen LogP contribution in [0.1, 0.15) is 12.8 Å². The summed E-state index contributed by atoms with van der Waals surface area (Å²) in [5.41, 5.74) is 1.73. The van der Waals surface area contributed by atoms with E-state index < -0.39 is 0 Å². The van der Waals surface area contributed by atoms with Crippen molar-refractivity contribution in [1.82, 2.24) is 14.9 Å². The molecule has 2 aromatic carbocycles. The van der Waals surface area contributed by atoms with E-state index in [0.29, 0.717) is 16.8 Å². The highest BCUT2D eigenvalue weighted by Crippen LogP contribution is 2.33. The lowest BCUT2D eigenvalue weighted by atomic mass is 10.1. The van der Waals surface area contributed by atoms with Crippen molar-refractivity contribution in [3.63, 3.8) is 0 Å². The lowest BCUT2D eigenvalue weighted by Gasteiger charge is -2.36. The van der Waals surface area contributed by atoms with E-state index in [1.54, 1.807) is 0 Å². The minimum Gasteiger partial charge on any atom is -0.352 e. The Balaban J connectivity index is 1.50. The summed E-state index contributed by atoms with van der Waals surface area (Å²) in [5.74, 6) is 2.15. The first-order chi connectivity index (χ1) is 13.7. The van der Waals surface area contributed by atoms with Gasteiger partial charge in [-0.15, -0.1) is 0 Å². The summed E-state index contributed by atoms with van der Waals surface area (Å²) in [6.07, 6.45) is 2.10. The number of hydrogen-bond donors (Lipinski definition) is 0. The topological polar surface area (TPSA) is 49.3 Å². The highest BCUT2D eigenvalue weighted by atomic mass is 35.5. The Morgan fingerprint density at radius 2 is 1.64 bits per heavy atom. The van der Waals surface area contributed by atoms with Gasteiger partial charge in [-0.1, -0.05) is 35.9 Å². The molecular formula is C22H21ClN4O. The number of carbonyl (C=O) groups is 1. The van der Waals surface area contributed by atoms with Gasteiger partial charge in [0.15, 0.2) is 5.82 Å². The molecule has 3 aromatic rings. The fourth-order valence-electron chi connectivity index (χ4n) is 3.79. The van der Waals surface area contributed by atoms with Crippen LogP contribution in [-0.4, -0.2) is 47.0 Å². The quantitative estimate of drug-likeness (QED) is 0.675. The molecule has 0 N–H and O–H groups in total. The highest BCUT2D eigenvalue weighted by molar-refractivity contribution is 6.33. The number of aromatic nitrogens is 2. The molecule has 0 atom stereocenters. The predicted octanol–water partition coefficient (Wildman–Crippen LogP) is 4.01. The monoisotopic (exact) mass is 392 g/mol. The molecule has 1 amide bonds. The predicted molar refractivity (Wildman–Crippen MR) is 112 cm³/mol. The molecule has 6 heteroatoms. The maximum absolute atomic E-state index is 12.4. The Bertz CT molecular complexity index is 1040. The third-order valence-corrected chi connectivity index (χ3v) is 5.84. The molecule has 0 bridgehead atoms. The minimum absolute atomic E-state index is 0.276. The second-order valence-corrected chi connectivity index (χ2v) is 7.86. The molecule has 5 nitrogen and oxygen atoms in total. The maximum atomic E-state index is 12.4. The van der Waals surface area contributed by atoms with Crippen LogP contribution in [0.15, 0.2) is 48.5 Å². The minimum atomic E-state index is 0.276. The molecule has 2 aliphatic rings. The molecule has 1 aliphatic heterocycles. The molecular weight excluding hydrogens is 372 g/mol. The average Bonchev–Trinajstić information content (AvgIpc) is 3.58. The summed E-state index contributed by atoms with van der Waals surface area (Å²) in [7, 11) is 0. The first-order valence-corrected chi connectivity index (χ1v) is 10.1. The van der Waals surface area contributed by atoms with Crippen LogP contribution in [0.25, 0.3) is 22.3 Å². The molecule has 1 aliphatic carbocycles. The van der Waals surface area contributed by atoms with E-state index in [1.807, 2.05) is 47.4 Å². The van der Waals surface area contributed by atoms with Crippen LogP contribution < -0.4 is 4.90 Å². The van der Waals surface area contributed by atoms with E-state index in [9.17, 15) is 4.79 Å². The number of fused-ring (bicyclic) bond motifs is 1. The maximum Gasteiger partial charge on any atom is 0.225 e. The Kier molecular flexibility index (Phi) is 4.40. The fourth-order valence-corrected chi connectivity index (χ4v) is 4.01. The number of nitrogens with zero attached hydrogens (tertiary/aromatic N) is 4.